The molecule has 1 aromatic heterocycles. The molecule has 0 spiro atoms. The molecule has 0 saturated heterocycles. The molecule has 2 amide bonds. The van der Waals surface area contributed by atoms with Crippen LogP contribution < -0.4 is 10.1 Å². The molecular weight excluding hydrogens is 330 g/mol. The third-order valence-corrected chi connectivity index (χ3v) is 4.12. The Morgan fingerprint density at radius 3 is 2.35 bits per heavy atom. The van der Waals surface area contributed by atoms with E-state index in [0.717, 1.165) is 23.3 Å². The highest BCUT2D eigenvalue weighted by Crippen LogP contribution is 2.12. The molecule has 0 aliphatic carbocycles. The maximum Gasteiger partial charge on any atom is 0.222 e. The number of nitrogens with one attached hydrogen (secondary N) is 1. The molecule has 0 aliphatic rings. The number of methoxy groups -OCH3 is 1. The van der Waals surface area contributed by atoms with Gasteiger partial charge in [0.05, 0.1) is 7.11 Å². The van der Waals surface area contributed by atoms with Gasteiger partial charge in [-0.2, -0.15) is 0 Å². The van der Waals surface area contributed by atoms with Crippen molar-refractivity contribution >= 4 is 11.8 Å². The second-order valence-corrected chi connectivity index (χ2v) is 5.99. The fourth-order valence-corrected chi connectivity index (χ4v) is 2.51. The van der Waals surface area contributed by atoms with Crippen molar-refractivity contribution in [1.29, 1.82) is 0 Å². The van der Waals surface area contributed by atoms with E-state index < -0.39 is 0 Å². The van der Waals surface area contributed by atoms with Crippen LogP contribution in [0, 0.1) is 0 Å². The molecule has 0 fully saturated rings. The van der Waals surface area contributed by atoms with Gasteiger partial charge in [-0.1, -0.05) is 12.1 Å². The number of ether oxygens (including phenoxy) is 1. The van der Waals surface area contributed by atoms with Crippen molar-refractivity contribution in [2.24, 2.45) is 0 Å². The fraction of sp³-hybridized carbons (Fsp3) is 0.350. The Kier molecular flexibility index (Phi) is 7.61. The number of pyridine rings is 1. The first-order valence-electron chi connectivity index (χ1n) is 8.62. The number of benzene rings is 1. The molecule has 0 atom stereocenters. The zero-order valence-electron chi connectivity index (χ0n) is 15.3. The summed E-state index contributed by atoms with van der Waals surface area (Å²) >= 11 is 0. The van der Waals surface area contributed by atoms with Gasteiger partial charge in [0.15, 0.2) is 0 Å². The van der Waals surface area contributed by atoms with Crippen molar-refractivity contribution in [3.8, 4) is 5.75 Å². The summed E-state index contributed by atoms with van der Waals surface area (Å²) in [5.74, 6) is 0.709. The molecule has 0 unspecified atom stereocenters. The number of rotatable bonds is 9. The van der Waals surface area contributed by atoms with Crippen molar-refractivity contribution < 1.29 is 14.3 Å². The van der Waals surface area contributed by atoms with Crippen molar-refractivity contribution in [3.05, 3.63) is 59.9 Å². The second-order valence-electron chi connectivity index (χ2n) is 5.99. The molecular formula is C20H25N3O3. The lowest BCUT2D eigenvalue weighted by Crippen LogP contribution is -2.35. The van der Waals surface area contributed by atoms with Gasteiger partial charge in [0, 0.05) is 45.4 Å². The monoisotopic (exact) mass is 355 g/mol. The number of nitrogens with zero attached hydrogens (tertiary/aromatic N) is 2. The number of carbonyl (C=O) groups excluding carboxylic acids is 2. The molecule has 1 aromatic carbocycles. The van der Waals surface area contributed by atoms with Crippen LogP contribution in [-0.4, -0.2) is 41.9 Å². The number of carbonyl (C=O) groups is 2. The Labute approximate surface area is 154 Å². The zero-order chi connectivity index (χ0) is 18.8. The molecule has 0 bridgehead atoms. The van der Waals surface area contributed by atoms with E-state index >= 15 is 0 Å². The van der Waals surface area contributed by atoms with Gasteiger partial charge in [-0.25, -0.2) is 0 Å². The Morgan fingerprint density at radius 1 is 1.04 bits per heavy atom. The summed E-state index contributed by atoms with van der Waals surface area (Å²) in [5, 5.41) is 2.86. The lowest BCUT2D eigenvalue weighted by molar-refractivity contribution is -0.129. The van der Waals surface area contributed by atoms with Gasteiger partial charge in [-0.15, -0.1) is 0 Å². The maximum atomic E-state index is 12.0. The van der Waals surface area contributed by atoms with E-state index in [0.29, 0.717) is 19.6 Å². The number of amides is 2. The summed E-state index contributed by atoms with van der Waals surface area (Å²) in [6.45, 7) is 2.99. The van der Waals surface area contributed by atoms with Gasteiger partial charge in [-0.05, 0) is 41.8 Å². The van der Waals surface area contributed by atoms with E-state index in [9.17, 15) is 9.59 Å². The molecule has 2 rings (SSSR count). The van der Waals surface area contributed by atoms with Crippen LogP contribution in [0.15, 0.2) is 48.8 Å². The largest absolute Gasteiger partial charge is 0.497 e. The SMILES string of the molecule is COc1ccc(CCN(CCC(=O)NCc2ccncc2)C(C)=O)cc1. The first kappa shape index (κ1) is 19.4. The summed E-state index contributed by atoms with van der Waals surface area (Å²) in [7, 11) is 1.63. The predicted molar refractivity (Wildman–Crippen MR) is 99.7 cm³/mol. The molecule has 0 aliphatic heterocycles. The van der Waals surface area contributed by atoms with Crippen LogP contribution in [0.3, 0.4) is 0 Å². The summed E-state index contributed by atoms with van der Waals surface area (Å²) in [4.78, 5) is 29.5. The number of hydrogen-bond acceptors (Lipinski definition) is 4. The number of hydrogen-bond donors (Lipinski definition) is 1. The summed E-state index contributed by atoms with van der Waals surface area (Å²) in [6, 6.07) is 11.5. The lowest BCUT2D eigenvalue weighted by Gasteiger charge is -2.21. The summed E-state index contributed by atoms with van der Waals surface area (Å²) in [5.41, 5.74) is 2.12. The second kappa shape index (κ2) is 10.2. The summed E-state index contributed by atoms with van der Waals surface area (Å²) in [6.07, 6.45) is 4.41. The van der Waals surface area contributed by atoms with Crippen molar-refractivity contribution in [2.45, 2.75) is 26.3 Å². The highest BCUT2D eigenvalue weighted by Gasteiger charge is 2.11. The van der Waals surface area contributed by atoms with Crippen LogP contribution in [0.25, 0.3) is 0 Å². The van der Waals surface area contributed by atoms with Crippen LogP contribution in [0.5, 0.6) is 5.75 Å². The van der Waals surface area contributed by atoms with Crippen molar-refractivity contribution in [3.63, 3.8) is 0 Å². The smallest absolute Gasteiger partial charge is 0.222 e. The molecule has 138 valence electrons. The number of aromatic nitrogens is 1. The van der Waals surface area contributed by atoms with Gasteiger partial charge in [0.1, 0.15) is 5.75 Å². The topological polar surface area (TPSA) is 71.5 Å². The zero-order valence-corrected chi connectivity index (χ0v) is 15.3. The molecule has 0 saturated carbocycles. The Balaban J connectivity index is 1.76. The van der Waals surface area contributed by atoms with E-state index in [2.05, 4.69) is 10.3 Å². The maximum absolute atomic E-state index is 12.0. The van der Waals surface area contributed by atoms with Gasteiger partial charge in [0.25, 0.3) is 0 Å². The quantitative estimate of drug-likeness (QED) is 0.748. The Hall–Kier alpha value is -2.89. The predicted octanol–water partition coefficient (Wildman–Crippen LogP) is 2.19. The summed E-state index contributed by atoms with van der Waals surface area (Å²) < 4.78 is 5.14. The van der Waals surface area contributed by atoms with Crippen LogP contribution in [0.2, 0.25) is 0 Å². The third-order valence-electron chi connectivity index (χ3n) is 4.12. The first-order chi connectivity index (χ1) is 12.6. The fourth-order valence-electron chi connectivity index (χ4n) is 2.51. The minimum absolute atomic E-state index is 0.0274. The average molecular weight is 355 g/mol. The standard InChI is InChI=1S/C20H25N3O3/c1-16(24)23(13-9-17-3-5-19(26-2)6-4-17)14-10-20(25)22-15-18-7-11-21-12-8-18/h3-8,11-12H,9-10,13-15H2,1-2H3,(H,22,25). The Morgan fingerprint density at radius 2 is 1.73 bits per heavy atom. The average Bonchev–Trinajstić information content (AvgIpc) is 2.67. The normalized spacial score (nSPS) is 10.2. The highest BCUT2D eigenvalue weighted by molar-refractivity contribution is 5.78. The van der Waals surface area contributed by atoms with E-state index in [1.54, 1.807) is 24.4 Å². The van der Waals surface area contributed by atoms with E-state index in [-0.39, 0.29) is 18.2 Å². The molecule has 1 N–H and O–H groups in total. The van der Waals surface area contributed by atoms with Crippen molar-refractivity contribution in [1.82, 2.24) is 15.2 Å². The molecule has 2 aromatic rings. The molecule has 6 nitrogen and oxygen atoms in total. The minimum Gasteiger partial charge on any atom is -0.497 e. The van der Waals surface area contributed by atoms with Gasteiger partial charge >= 0.3 is 0 Å². The van der Waals surface area contributed by atoms with Crippen LogP contribution in [0.4, 0.5) is 0 Å². The third kappa shape index (κ3) is 6.55. The molecule has 26 heavy (non-hydrogen) atoms. The minimum atomic E-state index is -0.0718. The van der Waals surface area contributed by atoms with Crippen LogP contribution in [-0.2, 0) is 22.6 Å². The van der Waals surface area contributed by atoms with Gasteiger partial charge in [0.2, 0.25) is 11.8 Å². The van der Waals surface area contributed by atoms with Gasteiger partial charge in [-0.3, -0.25) is 14.6 Å². The van der Waals surface area contributed by atoms with E-state index in [4.69, 9.17) is 4.74 Å². The molecule has 6 heteroatoms. The highest BCUT2D eigenvalue weighted by atomic mass is 16.5. The lowest BCUT2D eigenvalue weighted by atomic mass is 10.1. The van der Waals surface area contributed by atoms with E-state index in [1.807, 2.05) is 36.4 Å². The first-order valence-corrected chi connectivity index (χ1v) is 8.62. The van der Waals surface area contributed by atoms with E-state index in [1.165, 1.54) is 6.92 Å². The van der Waals surface area contributed by atoms with Crippen LogP contribution >= 0.6 is 0 Å². The Bertz CT molecular complexity index is 702. The molecule has 0 radical (unpaired) electrons. The molecule has 1 heterocycles. The van der Waals surface area contributed by atoms with Crippen LogP contribution in [0.1, 0.15) is 24.5 Å². The van der Waals surface area contributed by atoms with Gasteiger partial charge < -0.3 is 15.0 Å². The van der Waals surface area contributed by atoms with Crippen molar-refractivity contribution in [2.75, 3.05) is 20.2 Å².